The monoisotopic (exact) mass is 207 g/mol. The van der Waals surface area contributed by atoms with E-state index in [0.29, 0.717) is 6.42 Å². The molecule has 1 aliphatic carbocycles. The molecule has 0 bridgehead atoms. The Labute approximate surface area is 83.5 Å². The van der Waals surface area contributed by atoms with Gasteiger partial charge in [0.2, 0.25) is 0 Å². The zero-order chi connectivity index (χ0) is 11.0. The van der Waals surface area contributed by atoms with E-state index in [1.165, 1.54) is 0 Å². The smallest absolute Gasteiger partial charge is 0.0977 e. The molecule has 0 amide bonds. The van der Waals surface area contributed by atoms with Gasteiger partial charge in [0, 0.05) is 11.0 Å². The summed E-state index contributed by atoms with van der Waals surface area (Å²) in [5, 5.41) is 10.1. The molecule has 1 unspecified atom stereocenters. The minimum Gasteiger partial charge on any atom is -0.388 e. The van der Waals surface area contributed by atoms with Gasteiger partial charge in [-0.2, -0.15) is 0 Å². The van der Waals surface area contributed by atoms with Crippen LogP contribution in [-0.4, -0.2) is 29.6 Å². The van der Waals surface area contributed by atoms with E-state index in [-0.39, 0.29) is 12.8 Å². The lowest BCUT2D eigenvalue weighted by Gasteiger charge is -2.57. The molecule has 84 valence electrons. The molecule has 0 radical (unpaired) electrons. The van der Waals surface area contributed by atoms with Crippen molar-refractivity contribution in [3.8, 4) is 0 Å². The van der Waals surface area contributed by atoms with Crippen molar-refractivity contribution in [2.45, 2.75) is 44.2 Å². The maximum Gasteiger partial charge on any atom is 0.0977 e. The van der Waals surface area contributed by atoms with Crippen LogP contribution in [0.15, 0.2) is 0 Å². The summed E-state index contributed by atoms with van der Waals surface area (Å²) < 4.78 is 25.1. The number of hydrogen-bond acceptors (Lipinski definition) is 2. The maximum atomic E-state index is 12.5. The molecule has 0 aromatic rings. The summed E-state index contributed by atoms with van der Waals surface area (Å²) in [6.45, 7) is 2.16. The molecular weight excluding hydrogens is 188 g/mol. The molecule has 1 aliphatic rings. The lowest BCUT2D eigenvalue weighted by atomic mass is 9.53. The van der Waals surface area contributed by atoms with Gasteiger partial charge < -0.3 is 10.8 Å². The number of rotatable bonds is 4. The van der Waals surface area contributed by atoms with Gasteiger partial charge in [0.15, 0.2) is 0 Å². The number of alkyl halides is 2. The molecule has 2 nitrogen and oxygen atoms in total. The highest BCUT2D eigenvalue weighted by molar-refractivity contribution is 5.13. The molecule has 0 heterocycles. The average molecular weight is 207 g/mol. The second-order valence-electron chi connectivity index (χ2n) is 4.92. The van der Waals surface area contributed by atoms with Crippen LogP contribution in [0.25, 0.3) is 0 Å². The van der Waals surface area contributed by atoms with Crippen molar-refractivity contribution in [3.05, 3.63) is 0 Å². The molecule has 0 saturated heterocycles. The zero-order valence-corrected chi connectivity index (χ0v) is 8.82. The van der Waals surface area contributed by atoms with Crippen molar-refractivity contribution < 1.29 is 13.9 Å². The third kappa shape index (κ3) is 1.54. The summed E-state index contributed by atoms with van der Waals surface area (Å²) in [5.74, 6) is 0. The number of hydrogen-bond donors (Lipinski definition) is 2. The number of nitrogens with two attached hydrogens (primary N) is 1. The third-order valence-corrected chi connectivity index (χ3v) is 3.70. The molecule has 0 spiro atoms. The molecule has 0 aliphatic heterocycles. The van der Waals surface area contributed by atoms with Crippen molar-refractivity contribution in [3.63, 3.8) is 0 Å². The summed E-state index contributed by atoms with van der Waals surface area (Å²) in [5.41, 5.74) is 3.08. The molecule has 0 aromatic carbocycles. The molecule has 0 aromatic heterocycles. The topological polar surface area (TPSA) is 46.2 Å². The van der Waals surface area contributed by atoms with Crippen LogP contribution in [0.4, 0.5) is 8.78 Å². The normalized spacial score (nSPS) is 27.9. The van der Waals surface area contributed by atoms with Crippen LogP contribution in [0.5, 0.6) is 0 Å². The van der Waals surface area contributed by atoms with E-state index in [2.05, 4.69) is 0 Å². The van der Waals surface area contributed by atoms with Crippen LogP contribution in [0.2, 0.25) is 0 Å². The molecule has 1 atom stereocenters. The Morgan fingerprint density at radius 1 is 1.36 bits per heavy atom. The van der Waals surface area contributed by atoms with Gasteiger partial charge in [-0.25, -0.2) is 0 Å². The Balaban J connectivity index is 2.69. The number of halogens is 2. The SMILES string of the molecule is CCC(C)(N)C1(O)CC(CF)(CF)C1. The first-order valence-electron chi connectivity index (χ1n) is 4.98. The van der Waals surface area contributed by atoms with Gasteiger partial charge >= 0.3 is 0 Å². The Bertz CT molecular complexity index is 206. The van der Waals surface area contributed by atoms with Crippen molar-refractivity contribution in [1.29, 1.82) is 0 Å². The van der Waals surface area contributed by atoms with E-state index in [1.54, 1.807) is 6.92 Å². The van der Waals surface area contributed by atoms with E-state index >= 15 is 0 Å². The second kappa shape index (κ2) is 3.42. The molecular formula is C10H19F2NO. The van der Waals surface area contributed by atoms with E-state index < -0.39 is 29.9 Å². The highest BCUT2D eigenvalue weighted by Crippen LogP contribution is 2.53. The fourth-order valence-electron chi connectivity index (χ4n) is 2.15. The minimum atomic E-state index is -1.10. The first-order valence-corrected chi connectivity index (χ1v) is 4.98. The molecule has 1 fully saturated rings. The highest BCUT2D eigenvalue weighted by atomic mass is 19.1. The zero-order valence-electron chi connectivity index (χ0n) is 8.82. The Morgan fingerprint density at radius 2 is 1.79 bits per heavy atom. The quantitative estimate of drug-likeness (QED) is 0.735. The lowest BCUT2D eigenvalue weighted by Crippen LogP contribution is -2.69. The summed E-state index contributed by atoms with van der Waals surface area (Å²) in [7, 11) is 0. The Hall–Kier alpha value is -0.220. The van der Waals surface area contributed by atoms with Crippen molar-refractivity contribution in [2.75, 3.05) is 13.3 Å². The second-order valence-corrected chi connectivity index (χ2v) is 4.92. The van der Waals surface area contributed by atoms with Gasteiger partial charge in [0.05, 0.1) is 19.0 Å². The Kier molecular flexibility index (Phi) is 2.89. The molecule has 1 saturated carbocycles. The fourth-order valence-corrected chi connectivity index (χ4v) is 2.15. The van der Waals surface area contributed by atoms with Crippen LogP contribution < -0.4 is 5.73 Å². The fraction of sp³-hybridized carbons (Fsp3) is 1.00. The Morgan fingerprint density at radius 3 is 2.07 bits per heavy atom. The van der Waals surface area contributed by atoms with Crippen LogP contribution in [0.3, 0.4) is 0 Å². The van der Waals surface area contributed by atoms with E-state index in [1.807, 2.05) is 6.92 Å². The third-order valence-electron chi connectivity index (χ3n) is 3.70. The van der Waals surface area contributed by atoms with Crippen LogP contribution >= 0.6 is 0 Å². The van der Waals surface area contributed by atoms with E-state index in [0.717, 1.165) is 0 Å². The number of aliphatic hydroxyl groups is 1. The van der Waals surface area contributed by atoms with Gasteiger partial charge in [-0.05, 0) is 26.2 Å². The van der Waals surface area contributed by atoms with Gasteiger partial charge in [0.25, 0.3) is 0 Å². The summed E-state index contributed by atoms with van der Waals surface area (Å²) >= 11 is 0. The van der Waals surface area contributed by atoms with Gasteiger partial charge in [-0.15, -0.1) is 0 Å². The van der Waals surface area contributed by atoms with Crippen molar-refractivity contribution in [1.82, 2.24) is 0 Å². The summed E-state index contributed by atoms with van der Waals surface area (Å²) in [4.78, 5) is 0. The minimum absolute atomic E-state index is 0.133. The average Bonchev–Trinajstić information content (AvgIpc) is 2.12. The maximum absolute atomic E-state index is 12.5. The van der Waals surface area contributed by atoms with Crippen LogP contribution in [-0.2, 0) is 0 Å². The first-order chi connectivity index (χ1) is 6.35. The summed E-state index contributed by atoms with van der Waals surface area (Å²) in [6.07, 6.45) is 0.861. The standard InChI is InChI=1S/C10H19F2NO/c1-3-8(2,13)10(14)4-9(5-10,6-11)7-12/h14H,3-7,13H2,1-2H3. The molecule has 4 heteroatoms. The predicted octanol–water partition coefficient (Wildman–Crippen LogP) is 1.56. The van der Waals surface area contributed by atoms with Gasteiger partial charge in [0.1, 0.15) is 0 Å². The molecule has 1 rings (SSSR count). The molecule has 14 heavy (non-hydrogen) atoms. The van der Waals surface area contributed by atoms with Crippen LogP contribution in [0.1, 0.15) is 33.1 Å². The van der Waals surface area contributed by atoms with Crippen molar-refractivity contribution >= 4 is 0 Å². The van der Waals surface area contributed by atoms with Crippen LogP contribution in [0, 0.1) is 5.41 Å². The largest absolute Gasteiger partial charge is 0.388 e. The van der Waals surface area contributed by atoms with Gasteiger partial charge in [-0.3, -0.25) is 8.78 Å². The van der Waals surface area contributed by atoms with Crippen molar-refractivity contribution in [2.24, 2.45) is 11.1 Å². The highest BCUT2D eigenvalue weighted by Gasteiger charge is 2.60. The van der Waals surface area contributed by atoms with E-state index in [9.17, 15) is 13.9 Å². The molecule has 3 N–H and O–H groups in total. The van der Waals surface area contributed by atoms with Gasteiger partial charge in [-0.1, -0.05) is 6.92 Å². The lowest BCUT2D eigenvalue weighted by molar-refractivity contribution is -0.181. The predicted molar refractivity (Wildman–Crippen MR) is 51.5 cm³/mol. The van der Waals surface area contributed by atoms with E-state index in [4.69, 9.17) is 5.73 Å². The first kappa shape index (κ1) is 11.9. The summed E-state index contributed by atoms with van der Waals surface area (Å²) in [6, 6.07) is 0.